The molecule has 0 aromatic rings. The van der Waals surface area contributed by atoms with Crippen LogP contribution in [-0.2, 0) is 9.59 Å². The Bertz CT molecular complexity index is 295. The maximum absolute atomic E-state index is 10.7. The largest absolute Gasteiger partial charge is 0.481 e. The summed E-state index contributed by atoms with van der Waals surface area (Å²) >= 11 is 0. The maximum Gasteiger partial charge on any atom is 0.304 e. The van der Waals surface area contributed by atoms with Gasteiger partial charge in [0.25, 0.3) is 0 Å². The van der Waals surface area contributed by atoms with Gasteiger partial charge in [0, 0.05) is 52.4 Å². The molecule has 7 nitrogen and oxygen atoms in total. The number of hydrogen-bond acceptors (Lipinski definition) is 5. The second-order valence-corrected chi connectivity index (χ2v) is 5.27. The molecule has 20 heavy (non-hydrogen) atoms. The topological polar surface area (TPSA) is 84.3 Å². The minimum Gasteiger partial charge on any atom is -0.481 e. The van der Waals surface area contributed by atoms with E-state index in [0.717, 1.165) is 39.3 Å². The number of carboxylic acid groups (broad SMARTS) is 2. The van der Waals surface area contributed by atoms with Crippen LogP contribution in [0.4, 0.5) is 0 Å². The number of aliphatic carboxylic acids is 2. The van der Waals surface area contributed by atoms with Gasteiger partial charge in [0.1, 0.15) is 0 Å². The van der Waals surface area contributed by atoms with Gasteiger partial charge in [0.15, 0.2) is 0 Å². The third-order valence-corrected chi connectivity index (χ3v) is 3.61. The predicted octanol–water partition coefficient (Wildman–Crippen LogP) is -0.515. The van der Waals surface area contributed by atoms with E-state index in [2.05, 4.69) is 14.7 Å². The molecule has 0 spiro atoms. The Kier molecular flexibility index (Phi) is 7.50. The Hall–Kier alpha value is -1.18. The molecule has 0 saturated carbocycles. The maximum atomic E-state index is 10.7. The predicted molar refractivity (Wildman–Crippen MR) is 74.9 cm³/mol. The highest BCUT2D eigenvalue weighted by atomic mass is 16.4. The molecule has 1 heterocycles. The molecule has 0 aliphatic carbocycles. The van der Waals surface area contributed by atoms with E-state index in [0.29, 0.717) is 13.1 Å². The lowest BCUT2D eigenvalue weighted by molar-refractivity contribution is -0.138. The molecule has 0 amide bonds. The SMILES string of the molecule is CN1CCN(CCC(=O)O)CCN(CCC(=O)O)CC1. The normalized spacial score (nSPS) is 20.1. The smallest absolute Gasteiger partial charge is 0.304 e. The number of carbonyl (C=O) groups is 2. The highest BCUT2D eigenvalue weighted by molar-refractivity contribution is 5.67. The van der Waals surface area contributed by atoms with E-state index in [9.17, 15) is 9.59 Å². The molecule has 1 saturated heterocycles. The first-order chi connectivity index (χ1) is 9.47. The average molecular weight is 287 g/mol. The van der Waals surface area contributed by atoms with Crippen LogP contribution in [-0.4, -0.2) is 96.3 Å². The second-order valence-electron chi connectivity index (χ2n) is 5.27. The molecule has 1 aliphatic heterocycles. The van der Waals surface area contributed by atoms with Crippen LogP contribution >= 0.6 is 0 Å². The van der Waals surface area contributed by atoms with Crippen LogP contribution in [0.2, 0.25) is 0 Å². The number of carboxylic acids is 2. The zero-order valence-corrected chi connectivity index (χ0v) is 12.1. The highest BCUT2D eigenvalue weighted by Gasteiger charge is 2.15. The number of nitrogens with zero attached hydrogens (tertiary/aromatic N) is 3. The number of likely N-dealkylation sites (N-methyl/N-ethyl adjacent to an activating group) is 1. The van der Waals surface area contributed by atoms with Crippen LogP contribution in [0.15, 0.2) is 0 Å². The Morgan fingerprint density at radius 2 is 1.15 bits per heavy atom. The number of hydrogen-bond donors (Lipinski definition) is 2. The first-order valence-corrected chi connectivity index (χ1v) is 7.04. The number of rotatable bonds is 6. The lowest BCUT2D eigenvalue weighted by Gasteiger charge is -2.24. The monoisotopic (exact) mass is 287 g/mol. The summed E-state index contributed by atoms with van der Waals surface area (Å²) in [5.41, 5.74) is 0. The second kappa shape index (κ2) is 8.89. The molecule has 0 bridgehead atoms. The minimum atomic E-state index is -0.777. The van der Waals surface area contributed by atoms with Crippen LogP contribution in [0.3, 0.4) is 0 Å². The van der Waals surface area contributed by atoms with E-state index in [4.69, 9.17) is 10.2 Å². The lowest BCUT2D eigenvalue weighted by atomic mass is 10.3. The van der Waals surface area contributed by atoms with Crippen LogP contribution in [0, 0.1) is 0 Å². The van der Waals surface area contributed by atoms with E-state index in [1.165, 1.54) is 0 Å². The molecule has 7 heteroatoms. The summed E-state index contributed by atoms with van der Waals surface area (Å²) in [4.78, 5) is 27.8. The fraction of sp³-hybridized carbons (Fsp3) is 0.846. The third-order valence-electron chi connectivity index (χ3n) is 3.61. The fourth-order valence-corrected chi connectivity index (χ4v) is 2.20. The molecule has 1 rings (SSSR count). The van der Waals surface area contributed by atoms with Gasteiger partial charge in [-0.15, -0.1) is 0 Å². The molecule has 0 aromatic heterocycles. The molecule has 2 N–H and O–H groups in total. The third kappa shape index (κ3) is 7.42. The van der Waals surface area contributed by atoms with E-state index in [1.807, 2.05) is 7.05 Å². The molecule has 1 fully saturated rings. The van der Waals surface area contributed by atoms with Gasteiger partial charge >= 0.3 is 11.9 Å². The van der Waals surface area contributed by atoms with E-state index in [-0.39, 0.29) is 12.8 Å². The summed E-state index contributed by atoms with van der Waals surface area (Å²) in [6.07, 6.45) is 0.303. The Morgan fingerprint density at radius 3 is 1.50 bits per heavy atom. The minimum absolute atomic E-state index is 0.152. The van der Waals surface area contributed by atoms with Crippen LogP contribution < -0.4 is 0 Å². The van der Waals surface area contributed by atoms with Gasteiger partial charge in [-0.1, -0.05) is 0 Å². The van der Waals surface area contributed by atoms with E-state index < -0.39 is 11.9 Å². The Morgan fingerprint density at radius 1 is 0.800 bits per heavy atom. The van der Waals surface area contributed by atoms with E-state index in [1.54, 1.807) is 0 Å². The van der Waals surface area contributed by atoms with E-state index >= 15 is 0 Å². The summed E-state index contributed by atoms with van der Waals surface area (Å²) in [6, 6.07) is 0. The van der Waals surface area contributed by atoms with Gasteiger partial charge in [-0.3, -0.25) is 9.59 Å². The van der Waals surface area contributed by atoms with Crippen molar-refractivity contribution in [2.24, 2.45) is 0 Å². The molecule has 0 aromatic carbocycles. The Balaban J connectivity index is 2.47. The highest BCUT2D eigenvalue weighted by Crippen LogP contribution is 2.01. The molecule has 0 atom stereocenters. The van der Waals surface area contributed by atoms with Crippen molar-refractivity contribution in [1.29, 1.82) is 0 Å². The molecule has 1 aliphatic rings. The quantitative estimate of drug-likeness (QED) is 0.680. The van der Waals surface area contributed by atoms with Crippen molar-refractivity contribution in [3.63, 3.8) is 0 Å². The average Bonchev–Trinajstić information content (AvgIpc) is 2.46. The van der Waals surface area contributed by atoms with Gasteiger partial charge in [0.05, 0.1) is 12.8 Å². The van der Waals surface area contributed by atoms with Crippen molar-refractivity contribution in [3.05, 3.63) is 0 Å². The Labute approximate surface area is 119 Å². The zero-order valence-electron chi connectivity index (χ0n) is 12.1. The van der Waals surface area contributed by atoms with Gasteiger partial charge < -0.3 is 24.9 Å². The lowest BCUT2D eigenvalue weighted by Crippen LogP contribution is -2.37. The van der Waals surface area contributed by atoms with Crippen LogP contribution in [0.5, 0.6) is 0 Å². The molecule has 116 valence electrons. The van der Waals surface area contributed by atoms with Gasteiger partial charge in [-0.05, 0) is 7.05 Å². The first-order valence-electron chi connectivity index (χ1n) is 7.04. The molecular formula is C13H25N3O4. The molecular weight excluding hydrogens is 262 g/mol. The van der Waals surface area contributed by atoms with Gasteiger partial charge in [-0.2, -0.15) is 0 Å². The molecule has 0 radical (unpaired) electrons. The van der Waals surface area contributed by atoms with Crippen LogP contribution in [0.25, 0.3) is 0 Å². The van der Waals surface area contributed by atoms with Crippen molar-refractivity contribution < 1.29 is 19.8 Å². The summed E-state index contributed by atoms with van der Waals surface area (Å²) in [5.74, 6) is -1.55. The molecule has 0 unspecified atom stereocenters. The standard InChI is InChI=1S/C13H25N3O4/c1-14-6-8-15(4-2-12(17)18)10-11-16(9-7-14)5-3-13(19)20/h2-11H2,1H3,(H,17,18)(H,19,20). The van der Waals surface area contributed by atoms with Crippen molar-refractivity contribution in [2.45, 2.75) is 12.8 Å². The van der Waals surface area contributed by atoms with Crippen LogP contribution in [0.1, 0.15) is 12.8 Å². The van der Waals surface area contributed by atoms with Gasteiger partial charge in [-0.25, -0.2) is 0 Å². The van der Waals surface area contributed by atoms with Crippen molar-refractivity contribution in [3.8, 4) is 0 Å². The van der Waals surface area contributed by atoms with Crippen molar-refractivity contribution in [2.75, 3.05) is 59.4 Å². The summed E-state index contributed by atoms with van der Waals surface area (Å²) in [7, 11) is 2.04. The summed E-state index contributed by atoms with van der Waals surface area (Å²) in [6.45, 7) is 6.22. The zero-order chi connectivity index (χ0) is 15.0. The van der Waals surface area contributed by atoms with Crippen molar-refractivity contribution in [1.82, 2.24) is 14.7 Å². The first kappa shape index (κ1) is 16.9. The summed E-state index contributed by atoms with van der Waals surface area (Å²) < 4.78 is 0. The fourth-order valence-electron chi connectivity index (χ4n) is 2.20. The van der Waals surface area contributed by atoms with Crippen molar-refractivity contribution >= 4 is 11.9 Å². The van der Waals surface area contributed by atoms with Gasteiger partial charge in [0.2, 0.25) is 0 Å². The summed E-state index contributed by atoms with van der Waals surface area (Å²) in [5, 5.41) is 17.5.